The van der Waals surface area contributed by atoms with Crippen LogP contribution in [0.25, 0.3) is 16.8 Å². The highest BCUT2D eigenvalue weighted by Gasteiger charge is 2.12. The SMILES string of the molecule is CCc1ccc(NC(=O)/C(C#N)=C/c2ccc(OCc3ccc4ccccc4c3)c(OC)c2)cc1. The van der Waals surface area contributed by atoms with Crippen molar-refractivity contribution in [2.75, 3.05) is 12.4 Å². The van der Waals surface area contributed by atoms with E-state index >= 15 is 0 Å². The lowest BCUT2D eigenvalue weighted by Gasteiger charge is -2.12. The zero-order valence-electron chi connectivity index (χ0n) is 19.7. The smallest absolute Gasteiger partial charge is 0.266 e. The molecule has 174 valence electrons. The second-order valence-corrected chi connectivity index (χ2v) is 8.05. The first-order valence-electron chi connectivity index (χ1n) is 11.4. The lowest BCUT2D eigenvalue weighted by Crippen LogP contribution is -2.13. The van der Waals surface area contributed by atoms with Crippen molar-refractivity contribution in [1.82, 2.24) is 0 Å². The summed E-state index contributed by atoms with van der Waals surface area (Å²) in [7, 11) is 1.56. The van der Waals surface area contributed by atoms with E-state index in [1.807, 2.05) is 48.5 Å². The number of nitrogens with zero attached hydrogens (tertiary/aromatic N) is 1. The Hall–Kier alpha value is -4.56. The van der Waals surface area contributed by atoms with Gasteiger partial charge in [0.1, 0.15) is 18.2 Å². The van der Waals surface area contributed by atoms with Crippen LogP contribution in [0.5, 0.6) is 11.5 Å². The predicted octanol–water partition coefficient (Wildman–Crippen LogP) is 6.54. The van der Waals surface area contributed by atoms with E-state index in [1.165, 1.54) is 17.0 Å². The quantitative estimate of drug-likeness (QED) is 0.239. The van der Waals surface area contributed by atoms with Crippen LogP contribution in [0, 0.1) is 11.3 Å². The Labute approximate surface area is 205 Å². The molecule has 35 heavy (non-hydrogen) atoms. The molecule has 4 rings (SSSR count). The maximum Gasteiger partial charge on any atom is 0.266 e. The lowest BCUT2D eigenvalue weighted by atomic mass is 10.1. The molecule has 1 amide bonds. The normalized spacial score (nSPS) is 11.1. The molecule has 0 aliphatic heterocycles. The molecule has 0 aliphatic carbocycles. The molecular weight excluding hydrogens is 436 g/mol. The van der Waals surface area contributed by atoms with Crippen molar-refractivity contribution in [3.8, 4) is 17.6 Å². The number of amides is 1. The second kappa shape index (κ2) is 11.0. The zero-order valence-corrected chi connectivity index (χ0v) is 19.7. The van der Waals surface area contributed by atoms with Gasteiger partial charge in [-0.3, -0.25) is 4.79 Å². The number of fused-ring (bicyclic) bond motifs is 1. The van der Waals surface area contributed by atoms with E-state index < -0.39 is 5.91 Å². The Balaban J connectivity index is 1.47. The number of hydrogen-bond acceptors (Lipinski definition) is 4. The van der Waals surface area contributed by atoms with Gasteiger partial charge in [0.25, 0.3) is 5.91 Å². The average Bonchev–Trinajstić information content (AvgIpc) is 2.91. The van der Waals surface area contributed by atoms with Crippen LogP contribution < -0.4 is 14.8 Å². The second-order valence-electron chi connectivity index (χ2n) is 8.05. The molecule has 4 aromatic rings. The molecule has 5 nitrogen and oxygen atoms in total. The van der Waals surface area contributed by atoms with Crippen LogP contribution in [0.4, 0.5) is 5.69 Å². The van der Waals surface area contributed by atoms with Crippen molar-refractivity contribution >= 4 is 28.4 Å². The highest BCUT2D eigenvalue weighted by molar-refractivity contribution is 6.09. The van der Waals surface area contributed by atoms with Crippen molar-refractivity contribution < 1.29 is 14.3 Å². The van der Waals surface area contributed by atoms with Gasteiger partial charge in [-0.1, -0.05) is 61.5 Å². The van der Waals surface area contributed by atoms with Crippen molar-refractivity contribution in [3.05, 3.63) is 107 Å². The van der Waals surface area contributed by atoms with Crippen LogP contribution in [0.1, 0.15) is 23.6 Å². The van der Waals surface area contributed by atoms with E-state index in [2.05, 4.69) is 36.5 Å². The molecule has 0 saturated heterocycles. The zero-order chi connectivity index (χ0) is 24.6. The van der Waals surface area contributed by atoms with E-state index in [0.29, 0.717) is 29.4 Å². The monoisotopic (exact) mass is 462 g/mol. The first-order chi connectivity index (χ1) is 17.1. The molecular formula is C30H26N2O3. The highest BCUT2D eigenvalue weighted by Crippen LogP contribution is 2.30. The topological polar surface area (TPSA) is 71.4 Å². The molecule has 5 heteroatoms. The number of hydrogen-bond donors (Lipinski definition) is 1. The molecule has 0 aromatic heterocycles. The summed E-state index contributed by atoms with van der Waals surface area (Å²) in [6.07, 6.45) is 2.45. The Kier molecular flexibility index (Phi) is 7.44. The summed E-state index contributed by atoms with van der Waals surface area (Å²) < 4.78 is 11.5. The molecule has 0 heterocycles. The molecule has 4 aromatic carbocycles. The average molecular weight is 463 g/mol. The van der Waals surface area contributed by atoms with Gasteiger partial charge < -0.3 is 14.8 Å². The summed E-state index contributed by atoms with van der Waals surface area (Å²) in [5, 5.41) is 14.7. The van der Waals surface area contributed by atoms with Gasteiger partial charge in [0.05, 0.1) is 7.11 Å². The molecule has 0 unspecified atom stereocenters. The molecule has 0 atom stereocenters. The largest absolute Gasteiger partial charge is 0.493 e. The number of benzene rings is 4. The van der Waals surface area contributed by atoms with Crippen LogP contribution in [0.15, 0.2) is 90.5 Å². The molecule has 0 aliphatic rings. The molecule has 0 saturated carbocycles. The van der Waals surface area contributed by atoms with Crippen molar-refractivity contribution in [1.29, 1.82) is 5.26 Å². The fourth-order valence-corrected chi connectivity index (χ4v) is 3.72. The van der Waals surface area contributed by atoms with Crippen LogP contribution in [-0.4, -0.2) is 13.0 Å². The van der Waals surface area contributed by atoms with Crippen LogP contribution in [0.3, 0.4) is 0 Å². The maximum atomic E-state index is 12.6. The summed E-state index contributed by atoms with van der Waals surface area (Å²) in [6.45, 7) is 2.46. The van der Waals surface area contributed by atoms with Gasteiger partial charge in [0.15, 0.2) is 11.5 Å². The number of methoxy groups -OCH3 is 1. The Bertz CT molecular complexity index is 1420. The number of carbonyl (C=O) groups excluding carboxylic acids is 1. The number of nitriles is 1. The Morgan fingerprint density at radius 1 is 0.914 bits per heavy atom. The number of nitrogens with one attached hydrogen (secondary N) is 1. The van der Waals surface area contributed by atoms with Crippen molar-refractivity contribution in [3.63, 3.8) is 0 Å². The van der Waals surface area contributed by atoms with E-state index in [-0.39, 0.29) is 5.57 Å². The molecule has 0 spiro atoms. The fraction of sp³-hybridized carbons (Fsp3) is 0.133. The molecule has 0 radical (unpaired) electrons. The fourth-order valence-electron chi connectivity index (χ4n) is 3.72. The van der Waals surface area contributed by atoms with Gasteiger partial charge in [-0.15, -0.1) is 0 Å². The van der Waals surface area contributed by atoms with Crippen LogP contribution >= 0.6 is 0 Å². The highest BCUT2D eigenvalue weighted by atomic mass is 16.5. The van der Waals surface area contributed by atoms with E-state index in [0.717, 1.165) is 17.4 Å². The third-order valence-corrected chi connectivity index (χ3v) is 5.69. The van der Waals surface area contributed by atoms with Gasteiger partial charge in [-0.2, -0.15) is 5.26 Å². The summed E-state index contributed by atoms with van der Waals surface area (Å²) >= 11 is 0. The van der Waals surface area contributed by atoms with Gasteiger partial charge in [0.2, 0.25) is 0 Å². The minimum atomic E-state index is -0.465. The van der Waals surface area contributed by atoms with E-state index in [1.54, 1.807) is 25.3 Å². The van der Waals surface area contributed by atoms with Crippen molar-refractivity contribution in [2.24, 2.45) is 0 Å². The molecule has 0 bridgehead atoms. The van der Waals surface area contributed by atoms with Crippen molar-refractivity contribution in [2.45, 2.75) is 20.0 Å². The number of rotatable bonds is 8. The number of ether oxygens (including phenoxy) is 2. The Morgan fingerprint density at radius 2 is 1.66 bits per heavy atom. The number of carbonyl (C=O) groups is 1. The third-order valence-electron chi connectivity index (χ3n) is 5.69. The van der Waals surface area contributed by atoms with Gasteiger partial charge >= 0.3 is 0 Å². The first kappa shape index (κ1) is 23.6. The van der Waals surface area contributed by atoms with Gasteiger partial charge in [0, 0.05) is 5.69 Å². The third kappa shape index (κ3) is 5.87. The summed E-state index contributed by atoms with van der Waals surface area (Å²) in [5.41, 5.74) is 3.52. The summed E-state index contributed by atoms with van der Waals surface area (Å²) in [5.74, 6) is 0.636. The minimum absolute atomic E-state index is 0.00328. The van der Waals surface area contributed by atoms with Gasteiger partial charge in [-0.25, -0.2) is 0 Å². The summed E-state index contributed by atoms with van der Waals surface area (Å²) in [4.78, 5) is 12.6. The first-order valence-corrected chi connectivity index (χ1v) is 11.4. The van der Waals surface area contributed by atoms with Crippen LogP contribution in [-0.2, 0) is 17.8 Å². The molecule has 0 fully saturated rings. The standard InChI is InChI=1S/C30H26N2O3/c1-3-21-9-13-27(14-10-21)32-30(33)26(19-31)16-22-11-15-28(29(18-22)34-2)35-20-23-8-12-24-6-4-5-7-25(24)17-23/h4-18H,3,20H2,1-2H3,(H,32,33)/b26-16+. The molecule has 1 N–H and O–H groups in total. The Morgan fingerprint density at radius 3 is 2.37 bits per heavy atom. The lowest BCUT2D eigenvalue weighted by molar-refractivity contribution is -0.112. The summed E-state index contributed by atoms with van der Waals surface area (Å²) in [6, 6.07) is 29.3. The van der Waals surface area contributed by atoms with E-state index in [4.69, 9.17) is 9.47 Å². The number of anilines is 1. The van der Waals surface area contributed by atoms with E-state index in [9.17, 15) is 10.1 Å². The predicted molar refractivity (Wildman–Crippen MR) is 139 cm³/mol. The maximum absolute atomic E-state index is 12.6. The minimum Gasteiger partial charge on any atom is -0.493 e. The van der Waals surface area contributed by atoms with Gasteiger partial charge in [-0.05, 0) is 70.3 Å². The van der Waals surface area contributed by atoms with Crippen LogP contribution in [0.2, 0.25) is 0 Å². The number of aryl methyl sites for hydroxylation is 1.